The summed E-state index contributed by atoms with van der Waals surface area (Å²) in [7, 11) is 1.60. The minimum atomic E-state index is -0.301. The zero-order valence-corrected chi connectivity index (χ0v) is 20.6. The first-order valence-electron chi connectivity index (χ1n) is 11.7. The Balaban J connectivity index is 1.46. The van der Waals surface area contributed by atoms with Crippen molar-refractivity contribution in [1.29, 1.82) is 0 Å². The first-order valence-corrected chi connectivity index (χ1v) is 12.1. The number of carbonyl (C=O) groups is 1. The molecule has 2 aromatic heterocycles. The average Bonchev–Trinajstić information content (AvgIpc) is 3.28. The predicted octanol–water partition coefficient (Wildman–Crippen LogP) is 2.40. The van der Waals surface area contributed by atoms with Crippen LogP contribution in [0.3, 0.4) is 0 Å². The SMILES string of the molecule is COCCOc1cc2nc(Cc3nn(CC(=O)N4CCOCC4)c(=O)c4ccccc34)[nH]c2cc1Cl. The van der Waals surface area contributed by atoms with Crippen molar-refractivity contribution in [3.8, 4) is 5.75 Å². The summed E-state index contributed by atoms with van der Waals surface area (Å²) in [6.07, 6.45) is 0.332. The highest BCUT2D eigenvalue weighted by atomic mass is 35.5. The number of ether oxygens (including phenoxy) is 3. The molecule has 1 aliphatic heterocycles. The van der Waals surface area contributed by atoms with Gasteiger partial charge in [-0.2, -0.15) is 5.10 Å². The summed E-state index contributed by atoms with van der Waals surface area (Å²) in [4.78, 5) is 35.6. The number of rotatable bonds is 8. The zero-order chi connectivity index (χ0) is 25.1. The van der Waals surface area contributed by atoms with E-state index in [9.17, 15) is 9.59 Å². The number of nitrogens with one attached hydrogen (secondary N) is 1. The summed E-state index contributed by atoms with van der Waals surface area (Å²) in [5.74, 6) is 1.02. The molecule has 5 rings (SSSR count). The number of methoxy groups -OCH3 is 1. The van der Waals surface area contributed by atoms with Gasteiger partial charge in [0, 0.05) is 31.7 Å². The van der Waals surface area contributed by atoms with Gasteiger partial charge in [-0.05, 0) is 12.1 Å². The van der Waals surface area contributed by atoms with Gasteiger partial charge >= 0.3 is 0 Å². The molecule has 3 heterocycles. The van der Waals surface area contributed by atoms with Crippen LogP contribution < -0.4 is 10.3 Å². The van der Waals surface area contributed by atoms with E-state index in [0.29, 0.717) is 79.1 Å². The Labute approximate surface area is 211 Å². The van der Waals surface area contributed by atoms with Crippen molar-refractivity contribution in [3.05, 3.63) is 63.3 Å². The first-order chi connectivity index (χ1) is 17.5. The third-order valence-corrected chi connectivity index (χ3v) is 6.35. The van der Waals surface area contributed by atoms with Crippen molar-refractivity contribution >= 4 is 39.3 Å². The van der Waals surface area contributed by atoms with Gasteiger partial charge in [0.25, 0.3) is 5.56 Å². The number of aromatic nitrogens is 4. The van der Waals surface area contributed by atoms with Gasteiger partial charge in [0.15, 0.2) is 0 Å². The first kappa shape index (κ1) is 24.2. The monoisotopic (exact) mass is 511 g/mol. The fourth-order valence-electron chi connectivity index (χ4n) is 4.24. The molecule has 11 heteroatoms. The van der Waals surface area contributed by atoms with Gasteiger partial charge in [-0.25, -0.2) is 9.67 Å². The van der Waals surface area contributed by atoms with E-state index in [4.69, 9.17) is 25.8 Å². The number of halogens is 1. The fraction of sp³-hybridized carbons (Fsp3) is 0.360. The Bertz CT molecular complexity index is 1460. The van der Waals surface area contributed by atoms with Gasteiger partial charge in [0.2, 0.25) is 5.91 Å². The predicted molar refractivity (Wildman–Crippen MR) is 135 cm³/mol. The Hall–Kier alpha value is -3.47. The quantitative estimate of drug-likeness (QED) is 0.361. The lowest BCUT2D eigenvalue weighted by atomic mass is 10.1. The summed E-state index contributed by atoms with van der Waals surface area (Å²) in [5, 5.41) is 6.28. The lowest BCUT2D eigenvalue weighted by Crippen LogP contribution is -2.43. The Morgan fingerprint density at radius 1 is 1.17 bits per heavy atom. The number of benzene rings is 2. The molecule has 1 amide bonds. The third kappa shape index (κ3) is 5.06. The van der Waals surface area contributed by atoms with Gasteiger partial charge in [0.1, 0.15) is 24.7 Å². The molecule has 0 atom stereocenters. The number of hydrogen-bond donors (Lipinski definition) is 1. The number of fused-ring (bicyclic) bond motifs is 2. The van der Waals surface area contributed by atoms with Gasteiger partial charge in [-0.1, -0.05) is 29.8 Å². The normalized spacial score (nSPS) is 14.0. The molecular formula is C25H26ClN5O5. The minimum Gasteiger partial charge on any atom is -0.490 e. The molecule has 188 valence electrons. The van der Waals surface area contributed by atoms with Crippen LogP contribution in [0.5, 0.6) is 5.75 Å². The second-order valence-electron chi connectivity index (χ2n) is 8.45. The summed E-state index contributed by atoms with van der Waals surface area (Å²) in [5.41, 5.74) is 1.79. The Kier molecular flexibility index (Phi) is 7.17. The molecule has 2 aromatic carbocycles. The second kappa shape index (κ2) is 10.7. The zero-order valence-electron chi connectivity index (χ0n) is 19.8. The molecule has 36 heavy (non-hydrogen) atoms. The largest absolute Gasteiger partial charge is 0.490 e. The van der Waals surface area contributed by atoms with Gasteiger partial charge in [-0.3, -0.25) is 9.59 Å². The Morgan fingerprint density at radius 2 is 1.94 bits per heavy atom. The molecular weight excluding hydrogens is 486 g/mol. The molecule has 0 spiro atoms. The highest BCUT2D eigenvalue weighted by Gasteiger charge is 2.20. The van der Waals surface area contributed by atoms with E-state index in [1.807, 2.05) is 12.1 Å². The van der Waals surface area contributed by atoms with Gasteiger partial charge in [-0.15, -0.1) is 0 Å². The lowest BCUT2D eigenvalue weighted by Gasteiger charge is -2.26. The minimum absolute atomic E-state index is 0.130. The van der Waals surface area contributed by atoms with Crippen LogP contribution in [0.25, 0.3) is 21.8 Å². The lowest BCUT2D eigenvalue weighted by molar-refractivity contribution is -0.136. The molecule has 1 saturated heterocycles. The summed E-state index contributed by atoms with van der Waals surface area (Å²) in [6, 6.07) is 10.8. The third-order valence-electron chi connectivity index (χ3n) is 6.06. The molecule has 1 fully saturated rings. The standard InChI is InChI=1S/C25H26ClN5O5/c1-34-10-11-36-22-13-21-20(12-18(22)26)27-23(28-21)14-19-16-4-2-3-5-17(16)25(33)31(29-19)15-24(32)30-6-8-35-9-7-30/h2-5,12-13H,6-11,14-15H2,1H3,(H,27,28). The molecule has 10 nitrogen and oxygen atoms in total. The summed E-state index contributed by atoms with van der Waals surface area (Å²) >= 11 is 6.37. The average molecular weight is 512 g/mol. The Morgan fingerprint density at radius 3 is 2.72 bits per heavy atom. The van der Waals surface area contributed by atoms with E-state index in [1.165, 1.54) is 4.68 Å². The van der Waals surface area contributed by atoms with Crippen LogP contribution in [0, 0.1) is 0 Å². The molecule has 0 saturated carbocycles. The number of H-pyrrole nitrogens is 1. The van der Waals surface area contributed by atoms with Crippen molar-refractivity contribution in [2.75, 3.05) is 46.6 Å². The maximum Gasteiger partial charge on any atom is 0.275 e. The number of aromatic amines is 1. The maximum atomic E-state index is 13.1. The molecule has 0 unspecified atom stereocenters. The van der Waals surface area contributed by atoms with Gasteiger partial charge in [0.05, 0.1) is 53.4 Å². The topological polar surface area (TPSA) is 112 Å². The van der Waals surface area contributed by atoms with Crippen molar-refractivity contribution in [2.45, 2.75) is 13.0 Å². The fourth-order valence-corrected chi connectivity index (χ4v) is 4.45. The molecule has 0 radical (unpaired) electrons. The van der Waals surface area contributed by atoms with Crippen LogP contribution in [-0.4, -0.2) is 77.2 Å². The van der Waals surface area contributed by atoms with Gasteiger partial charge < -0.3 is 24.1 Å². The van der Waals surface area contributed by atoms with Crippen LogP contribution in [0.15, 0.2) is 41.2 Å². The highest BCUT2D eigenvalue weighted by Crippen LogP contribution is 2.29. The summed E-state index contributed by atoms with van der Waals surface area (Å²) < 4.78 is 17.3. The number of imidazole rings is 1. The van der Waals surface area contributed by atoms with Crippen molar-refractivity contribution in [3.63, 3.8) is 0 Å². The number of carbonyl (C=O) groups excluding carboxylic acids is 1. The van der Waals surface area contributed by atoms with Crippen LogP contribution >= 0.6 is 11.6 Å². The van der Waals surface area contributed by atoms with Crippen LogP contribution in [0.2, 0.25) is 5.02 Å². The maximum absolute atomic E-state index is 13.1. The number of nitrogens with zero attached hydrogens (tertiary/aromatic N) is 4. The van der Waals surface area contributed by atoms with Crippen LogP contribution in [0.4, 0.5) is 0 Å². The number of hydrogen-bond acceptors (Lipinski definition) is 7. The van der Waals surface area contributed by atoms with Crippen LogP contribution in [0.1, 0.15) is 11.5 Å². The molecule has 0 bridgehead atoms. The van der Waals surface area contributed by atoms with E-state index in [-0.39, 0.29) is 18.0 Å². The molecule has 1 N–H and O–H groups in total. The highest BCUT2D eigenvalue weighted by molar-refractivity contribution is 6.32. The van der Waals surface area contributed by atoms with E-state index in [2.05, 4.69) is 15.1 Å². The summed E-state index contributed by atoms with van der Waals surface area (Å²) in [6.45, 7) is 2.69. The van der Waals surface area contributed by atoms with Crippen molar-refractivity contribution < 1.29 is 19.0 Å². The number of morpholine rings is 1. The van der Waals surface area contributed by atoms with E-state index in [0.717, 1.165) is 10.9 Å². The van der Waals surface area contributed by atoms with Crippen LogP contribution in [-0.2, 0) is 27.2 Å². The molecule has 0 aliphatic carbocycles. The van der Waals surface area contributed by atoms with E-state index < -0.39 is 0 Å². The molecule has 1 aliphatic rings. The second-order valence-corrected chi connectivity index (χ2v) is 8.86. The smallest absolute Gasteiger partial charge is 0.275 e. The van der Waals surface area contributed by atoms with Crippen molar-refractivity contribution in [2.24, 2.45) is 0 Å². The van der Waals surface area contributed by atoms with Crippen molar-refractivity contribution in [1.82, 2.24) is 24.6 Å². The van der Waals surface area contributed by atoms with E-state index >= 15 is 0 Å². The van der Waals surface area contributed by atoms with E-state index in [1.54, 1.807) is 36.3 Å². The molecule has 4 aromatic rings. The number of amides is 1.